The van der Waals surface area contributed by atoms with E-state index >= 15 is 0 Å². The number of amides is 1. The van der Waals surface area contributed by atoms with Crippen molar-refractivity contribution in [3.63, 3.8) is 0 Å². The van der Waals surface area contributed by atoms with E-state index in [0.717, 1.165) is 27.6 Å². The average molecular weight is 435 g/mol. The number of pyridine rings is 1. The molecule has 1 amide bonds. The highest BCUT2D eigenvalue weighted by atomic mass is 16.5. The van der Waals surface area contributed by atoms with E-state index in [1.807, 2.05) is 91.0 Å². The summed E-state index contributed by atoms with van der Waals surface area (Å²) in [5.41, 5.74) is 6.36. The molecule has 1 N–H and O–H groups in total. The fourth-order valence-electron chi connectivity index (χ4n) is 3.24. The van der Waals surface area contributed by atoms with Crippen molar-refractivity contribution in [2.75, 3.05) is 6.61 Å². The van der Waals surface area contributed by atoms with Crippen molar-refractivity contribution in [2.45, 2.75) is 0 Å². The lowest BCUT2D eigenvalue weighted by Gasteiger charge is -2.08. The smallest absolute Gasteiger partial charge is 0.331 e. The molecule has 4 rings (SSSR count). The zero-order valence-electron chi connectivity index (χ0n) is 17.7. The number of nitrogens with zero attached hydrogens (tertiary/aromatic N) is 2. The number of ether oxygens (including phenoxy) is 1. The number of esters is 1. The average Bonchev–Trinajstić information content (AvgIpc) is 2.87. The van der Waals surface area contributed by atoms with Crippen LogP contribution in [0.25, 0.3) is 17.0 Å². The van der Waals surface area contributed by atoms with Crippen LogP contribution in [0.1, 0.15) is 16.7 Å². The molecule has 0 aliphatic rings. The maximum Gasteiger partial charge on any atom is 0.331 e. The van der Waals surface area contributed by atoms with E-state index in [0.29, 0.717) is 5.71 Å². The maximum atomic E-state index is 12.2. The van der Waals surface area contributed by atoms with Crippen LogP contribution in [0.3, 0.4) is 0 Å². The van der Waals surface area contributed by atoms with Crippen molar-refractivity contribution in [2.24, 2.45) is 5.10 Å². The largest absolute Gasteiger partial charge is 0.452 e. The first-order chi connectivity index (χ1) is 16.2. The van der Waals surface area contributed by atoms with Crippen LogP contribution in [-0.4, -0.2) is 29.2 Å². The summed E-state index contributed by atoms with van der Waals surface area (Å²) in [6.07, 6.45) is 4.60. The zero-order valence-corrected chi connectivity index (χ0v) is 17.7. The Hall–Kier alpha value is -4.58. The normalized spacial score (nSPS) is 10.7. The lowest BCUT2D eigenvalue weighted by atomic mass is 10.0. The molecular formula is C27H21N3O3. The van der Waals surface area contributed by atoms with Crippen molar-refractivity contribution in [1.82, 2.24) is 10.4 Å². The third kappa shape index (κ3) is 5.77. The molecular weight excluding hydrogens is 414 g/mol. The quantitative estimate of drug-likeness (QED) is 0.202. The first kappa shape index (κ1) is 21.6. The molecule has 0 unspecified atom stereocenters. The first-order valence-electron chi connectivity index (χ1n) is 10.4. The first-order valence-corrected chi connectivity index (χ1v) is 10.4. The Morgan fingerprint density at radius 3 is 2.21 bits per heavy atom. The summed E-state index contributed by atoms with van der Waals surface area (Å²) in [5.74, 6) is -1.17. The van der Waals surface area contributed by atoms with Gasteiger partial charge in [0, 0.05) is 34.3 Å². The third-order valence-corrected chi connectivity index (χ3v) is 4.80. The molecule has 0 aliphatic carbocycles. The van der Waals surface area contributed by atoms with E-state index in [1.165, 1.54) is 6.08 Å². The topological polar surface area (TPSA) is 80.7 Å². The molecule has 0 bridgehead atoms. The molecule has 0 fully saturated rings. The summed E-state index contributed by atoms with van der Waals surface area (Å²) in [4.78, 5) is 28.7. The number of fused-ring (bicyclic) bond motifs is 1. The zero-order chi connectivity index (χ0) is 22.9. The lowest BCUT2D eigenvalue weighted by Crippen LogP contribution is -2.26. The minimum Gasteiger partial charge on any atom is -0.452 e. The molecule has 0 saturated heterocycles. The van der Waals surface area contributed by atoms with Gasteiger partial charge in [-0.1, -0.05) is 84.9 Å². The summed E-state index contributed by atoms with van der Waals surface area (Å²) in [6, 6.07) is 28.5. The summed E-state index contributed by atoms with van der Waals surface area (Å²) >= 11 is 0. The number of carbonyl (C=O) groups is 2. The minimum atomic E-state index is -0.631. The number of hydrogen-bond acceptors (Lipinski definition) is 5. The van der Waals surface area contributed by atoms with E-state index in [9.17, 15) is 9.59 Å². The monoisotopic (exact) mass is 435 g/mol. The Labute approximate surface area is 191 Å². The summed E-state index contributed by atoms with van der Waals surface area (Å²) in [6.45, 7) is -0.447. The van der Waals surface area contributed by atoms with Gasteiger partial charge in [-0.05, 0) is 12.1 Å². The van der Waals surface area contributed by atoms with E-state index in [2.05, 4.69) is 15.5 Å². The van der Waals surface area contributed by atoms with Crippen LogP contribution in [0.2, 0.25) is 0 Å². The fourth-order valence-corrected chi connectivity index (χ4v) is 3.24. The van der Waals surface area contributed by atoms with Gasteiger partial charge in [0.05, 0.1) is 11.2 Å². The Morgan fingerprint density at radius 1 is 0.848 bits per heavy atom. The molecule has 6 nitrogen and oxygen atoms in total. The number of rotatable bonds is 7. The van der Waals surface area contributed by atoms with Gasteiger partial charge in [0.25, 0.3) is 5.91 Å². The summed E-state index contributed by atoms with van der Waals surface area (Å²) < 4.78 is 5.05. The van der Waals surface area contributed by atoms with Gasteiger partial charge in [-0.15, -0.1) is 0 Å². The van der Waals surface area contributed by atoms with Crippen LogP contribution < -0.4 is 5.43 Å². The van der Waals surface area contributed by atoms with E-state index in [1.54, 1.807) is 12.3 Å². The standard InChI is InChI=1S/C27H21N3O3/c31-24(29-30-27(21-9-3-1-4-10-21)22-11-5-2-6-12-22)19-33-25(32)17-16-23-14-7-13-20-15-8-18-28-26(20)23/h1-18H,19H2,(H,29,31)/b17-16+. The van der Waals surface area contributed by atoms with Gasteiger partial charge in [-0.3, -0.25) is 9.78 Å². The molecule has 0 aliphatic heterocycles. The molecule has 162 valence electrons. The van der Waals surface area contributed by atoms with Crippen molar-refractivity contribution in [3.8, 4) is 0 Å². The molecule has 0 spiro atoms. The van der Waals surface area contributed by atoms with Crippen molar-refractivity contribution >= 4 is 34.6 Å². The number of nitrogens with one attached hydrogen (secondary N) is 1. The van der Waals surface area contributed by atoms with Crippen LogP contribution in [0.15, 0.2) is 108 Å². The molecule has 6 heteroatoms. The van der Waals surface area contributed by atoms with Crippen molar-refractivity contribution in [1.29, 1.82) is 0 Å². The lowest BCUT2D eigenvalue weighted by molar-refractivity contribution is -0.143. The van der Waals surface area contributed by atoms with Gasteiger partial charge in [0.15, 0.2) is 6.61 Å². The summed E-state index contributed by atoms with van der Waals surface area (Å²) in [7, 11) is 0. The molecule has 0 saturated carbocycles. The van der Waals surface area contributed by atoms with E-state index in [4.69, 9.17) is 4.74 Å². The number of hydrogen-bond donors (Lipinski definition) is 1. The van der Waals surface area contributed by atoms with E-state index < -0.39 is 18.5 Å². The number of para-hydroxylation sites is 1. The van der Waals surface area contributed by atoms with Crippen LogP contribution in [0.4, 0.5) is 0 Å². The number of hydrazone groups is 1. The molecule has 33 heavy (non-hydrogen) atoms. The summed E-state index contributed by atoms with van der Waals surface area (Å²) in [5, 5.41) is 5.24. The Kier molecular flexibility index (Phi) is 6.98. The highest BCUT2D eigenvalue weighted by Gasteiger charge is 2.09. The molecule has 1 aromatic heterocycles. The number of carbonyl (C=O) groups excluding carboxylic acids is 2. The van der Waals surface area contributed by atoms with Gasteiger partial charge in [-0.25, -0.2) is 10.2 Å². The number of aromatic nitrogens is 1. The predicted molar refractivity (Wildman–Crippen MR) is 128 cm³/mol. The predicted octanol–water partition coefficient (Wildman–Crippen LogP) is 4.36. The Bertz CT molecular complexity index is 1270. The Balaban J connectivity index is 1.38. The highest BCUT2D eigenvalue weighted by Crippen LogP contribution is 2.17. The van der Waals surface area contributed by atoms with E-state index in [-0.39, 0.29) is 0 Å². The second-order valence-corrected chi connectivity index (χ2v) is 7.09. The number of benzene rings is 3. The molecule has 4 aromatic rings. The second kappa shape index (κ2) is 10.6. The Morgan fingerprint density at radius 2 is 1.52 bits per heavy atom. The van der Waals surface area contributed by atoms with Gasteiger partial charge in [0.2, 0.25) is 0 Å². The molecule has 0 radical (unpaired) electrons. The highest BCUT2D eigenvalue weighted by molar-refractivity contribution is 6.13. The van der Waals surface area contributed by atoms with Gasteiger partial charge >= 0.3 is 5.97 Å². The van der Waals surface area contributed by atoms with Gasteiger partial charge in [-0.2, -0.15) is 5.10 Å². The maximum absolute atomic E-state index is 12.2. The van der Waals surface area contributed by atoms with Gasteiger partial charge in [0.1, 0.15) is 0 Å². The molecule has 1 heterocycles. The molecule has 0 atom stereocenters. The van der Waals surface area contributed by atoms with Crippen LogP contribution in [0, 0.1) is 0 Å². The van der Waals surface area contributed by atoms with Gasteiger partial charge < -0.3 is 4.74 Å². The second-order valence-electron chi connectivity index (χ2n) is 7.09. The minimum absolute atomic E-state index is 0.447. The van der Waals surface area contributed by atoms with Crippen LogP contribution in [0.5, 0.6) is 0 Å². The molecule has 3 aromatic carbocycles. The fraction of sp³-hybridized carbons (Fsp3) is 0.0370. The van der Waals surface area contributed by atoms with Crippen molar-refractivity contribution in [3.05, 3.63) is 120 Å². The third-order valence-electron chi connectivity index (χ3n) is 4.80. The van der Waals surface area contributed by atoms with Crippen molar-refractivity contribution < 1.29 is 14.3 Å². The van der Waals surface area contributed by atoms with Crippen LogP contribution in [-0.2, 0) is 14.3 Å². The van der Waals surface area contributed by atoms with Crippen LogP contribution >= 0.6 is 0 Å². The SMILES string of the molecule is O=C(COC(=O)/C=C/c1cccc2cccnc12)NN=C(c1ccccc1)c1ccccc1.